The molecule has 0 aromatic carbocycles. The number of nitrogens with zero attached hydrogens (tertiary/aromatic N) is 2. The van der Waals surface area contributed by atoms with Gasteiger partial charge in [-0.05, 0) is 19.4 Å². The smallest absolute Gasteiger partial charge is 0.267 e. The highest BCUT2D eigenvalue weighted by atomic mass is 35.5. The third kappa shape index (κ3) is 1.47. The Hall–Kier alpha value is -0.540. The largest absolute Gasteiger partial charge is 0.271 e. The fourth-order valence-electron chi connectivity index (χ4n) is 0.816. The third-order valence-electron chi connectivity index (χ3n) is 1.75. The Kier molecular flexibility index (Phi) is 2.75. The highest BCUT2D eigenvalue weighted by Gasteiger charge is 2.07. The number of hydrogen-bond acceptors (Lipinski definition) is 2. The summed E-state index contributed by atoms with van der Waals surface area (Å²) in [6.07, 6.45) is 0. The van der Waals surface area contributed by atoms with Gasteiger partial charge in [0.25, 0.3) is 5.56 Å². The lowest BCUT2D eigenvalue weighted by Gasteiger charge is -2.04. The first-order valence-corrected chi connectivity index (χ1v) is 4.29. The van der Waals surface area contributed by atoms with Crippen LogP contribution in [0, 0.1) is 13.8 Å². The molecule has 0 amide bonds. The van der Waals surface area contributed by atoms with Crippen LogP contribution in [0.1, 0.15) is 11.1 Å². The summed E-state index contributed by atoms with van der Waals surface area (Å²) in [4.78, 5) is 11.3. The fraction of sp³-hybridized carbons (Fsp3) is 0.429. The van der Waals surface area contributed by atoms with Gasteiger partial charge < -0.3 is 0 Å². The summed E-state index contributed by atoms with van der Waals surface area (Å²) >= 11 is 11.2. The van der Waals surface area contributed by atoms with E-state index in [0.29, 0.717) is 16.3 Å². The van der Waals surface area contributed by atoms with E-state index < -0.39 is 0 Å². The van der Waals surface area contributed by atoms with Gasteiger partial charge in [0.05, 0.1) is 0 Å². The van der Waals surface area contributed by atoms with Gasteiger partial charge in [-0.15, -0.1) is 11.6 Å². The first kappa shape index (κ1) is 9.55. The monoisotopic (exact) mass is 206 g/mol. The summed E-state index contributed by atoms with van der Waals surface area (Å²) in [5.74, 6) is 0. The molecule has 1 aromatic rings. The van der Waals surface area contributed by atoms with E-state index in [4.69, 9.17) is 23.2 Å². The first-order chi connectivity index (χ1) is 5.57. The van der Waals surface area contributed by atoms with Crippen LogP contribution in [-0.2, 0) is 6.00 Å². The molecule has 0 saturated heterocycles. The van der Waals surface area contributed by atoms with E-state index in [-0.39, 0.29) is 11.6 Å². The van der Waals surface area contributed by atoms with Crippen molar-refractivity contribution in [3.8, 4) is 0 Å². The molecule has 0 aliphatic rings. The zero-order valence-corrected chi connectivity index (χ0v) is 8.28. The normalized spacial score (nSPS) is 10.3. The Labute approximate surface area is 79.9 Å². The second-order valence-electron chi connectivity index (χ2n) is 2.47. The van der Waals surface area contributed by atoms with E-state index in [1.807, 2.05) is 0 Å². The second kappa shape index (κ2) is 3.46. The maximum Gasteiger partial charge on any atom is 0.271 e. The van der Waals surface area contributed by atoms with Crippen LogP contribution < -0.4 is 5.56 Å². The van der Waals surface area contributed by atoms with E-state index in [1.165, 1.54) is 0 Å². The molecule has 1 rings (SSSR count). The van der Waals surface area contributed by atoms with Gasteiger partial charge in [0.2, 0.25) is 0 Å². The summed E-state index contributed by atoms with van der Waals surface area (Å²) in [5, 5.41) is 4.12. The molecular weight excluding hydrogens is 199 g/mol. The predicted octanol–water partition coefficient (Wildman–Crippen LogP) is 1.71. The third-order valence-corrected chi connectivity index (χ3v) is 2.33. The Morgan fingerprint density at radius 2 is 2.00 bits per heavy atom. The maximum absolute atomic E-state index is 11.3. The molecule has 0 radical (unpaired) electrons. The molecule has 0 bridgehead atoms. The average Bonchev–Trinajstić information content (AvgIpc) is 2.08. The highest BCUT2D eigenvalue weighted by Crippen LogP contribution is 2.11. The van der Waals surface area contributed by atoms with Crippen molar-refractivity contribution < 1.29 is 0 Å². The quantitative estimate of drug-likeness (QED) is 0.657. The van der Waals surface area contributed by atoms with Crippen LogP contribution in [0.4, 0.5) is 0 Å². The number of aromatic nitrogens is 2. The van der Waals surface area contributed by atoms with Crippen LogP contribution in [0.25, 0.3) is 0 Å². The van der Waals surface area contributed by atoms with Crippen LogP contribution >= 0.6 is 23.2 Å². The van der Waals surface area contributed by atoms with E-state index in [1.54, 1.807) is 13.8 Å². The lowest BCUT2D eigenvalue weighted by molar-refractivity contribution is 0.677. The molecular formula is C7H8Cl2N2O. The molecule has 0 N–H and O–H groups in total. The average molecular weight is 207 g/mol. The van der Waals surface area contributed by atoms with Crippen molar-refractivity contribution in [3.63, 3.8) is 0 Å². The van der Waals surface area contributed by atoms with Gasteiger partial charge in [0.1, 0.15) is 6.00 Å². The molecule has 1 aromatic heterocycles. The lowest BCUT2D eigenvalue weighted by atomic mass is 10.2. The van der Waals surface area contributed by atoms with Crippen molar-refractivity contribution in [1.82, 2.24) is 9.78 Å². The van der Waals surface area contributed by atoms with Crippen molar-refractivity contribution in [2.24, 2.45) is 0 Å². The minimum absolute atomic E-state index is 0.0275. The van der Waals surface area contributed by atoms with Crippen LogP contribution in [0.3, 0.4) is 0 Å². The minimum Gasteiger partial charge on any atom is -0.267 e. The van der Waals surface area contributed by atoms with Gasteiger partial charge >= 0.3 is 0 Å². The number of hydrogen-bond donors (Lipinski definition) is 0. The van der Waals surface area contributed by atoms with Crippen LogP contribution in [0.2, 0.25) is 5.15 Å². The van der Waals surface area contributed by atoms with Gasteiger partial charge in [-0.1, -0.05) is 11.6 Å². The number of rotatable bonds is 1. The zero-order chi connectivity index (χ0) is 9.30. The molecule has 0 saturated carbocycles. The van der Waals surface area contributed by atoms with E-state index >= 15 is 0 Å². The van der Waals surface area contributed by atoms with Crippen molar-refractivity contribution in [3.05, 3.63) is 26.6 Å². The Bertz CT molecular complexity index is 359. The van der Waals surface area contributed by atoms with Crippen molar-refractivity contribution in [2.45, 2.75) is 19.9 Å². The predicted molar refractivity (Wildman–Crippen MR) is 48.8 cm³/mol. The van der Waals surface area contributed by atoms with Gasteiger partial charge in [-0.3, -0.25) is 4.79 Å². The standard InChI is InChI=1S/C7H8Cl2N2O/c1-4-5(2)7(12)11(3-8)10-6(4)9/h3H2,1-2H3. The van der Waals surface area contributed by atoms with E-state index in [2.05, 4.69) is 5.10 Å². The van der Waals surface area contributed by atoms with Gasteiger partial charge in [-0.25, -0.2) is 4.68 Å². The van der Waals surface area contributed by atoms with Crippen molar-refractivity contribution >= 4 is 23.2 Å². The van der Waals surface area contributed by atoms with Crippen LogP contribution in [0.5, 0.6) is 0 Å². The summed E-state index contributed by atoms with van der Waals surface area (Å²) in [7, 11) is 0. The van der Waals surface area contributed by atoms with Crippen LogP contribution in [-0.4, -0.2) is 9.78 Å². The minimum atomic E-state index is -0.188. The number of alkyl halides is 1. The molecule has 0 fully saturated rings. The molecule has 1 heterocycles. The SMILES string of the molecule is Cc1c(Cl)nn(CCl)c(=O)c1C. The molecule has 0 atom stereocenters. The highest BCUT2D eigenvalue weighted by molar-refractivity contribution is 6.30. The first-order valence-electron chi connectivity index (χ1n) is 3.37. The lowest BCUT2D eigenvalue weighted by Crippen LogP contribution is -2.24. The maximum atomic E-state index is 11.3. The zero-order valence-electron chi connectivity index (χ0n) is 6.77. The second-order valence-corrected chi connectivity index (χ2v) is 3.06. The van der Waals surface area contributed by atoms with Crippen molar-refractivity contribution in [1.29, 1.82) is 0 Å². The summed E-state index contributed by atoms with van der Waals surface area (Å²) in [6, 6.07) is 0.0275. The molecule has 0 unspecified atom stereocenters. The van der Waals surface area contributed by atoms with Gasteiger partial charge in [-0.2, -0.15) is 5.10 Å². The molecule has 66 valence electrons. The Balaban J connectivity index is 3.50. The molecule has 0 aliphatic heterocycles. The molecule has 0 aliphatic carbocycles. The molecule has 0 spiro atoms. The van der Waals surface area contributed by atoms with E-state index in [0.717, 1.165) is 4.68 Å². The van der Waals surface area contributed by atoms with Gasteiger partial charge in [0.15, 0.2) is 5.15 Å². The molecule has 3 nitrogen and oxygen atoms in total. The fourth-order valence-corrected chi connectivity index (χ4v) is 1.21. The summed E-state index contributed by atoms with van der Waals surface area (Å²) in [6.45, 7) is 3.46. The number of halogens is 2. The van der Waals surface area contributed by atoms with Gasteiger partial charge in [0, 0.05) is 5.56 Å². The topological polar surface area (TPSA) is 34.9 Å². The summed E-state index contributed by atoms with van der Waals surface area (Å²) < 4.78 is 1.13. The summed E-state index contributed by atoms with van der Waals surface area (Å²) in [5.41, 5.74) is 1.12. The Morgan fingerprint density at radius 1 is 1.42 bits per heavy atom. The van der Waals surface area contributed by atoms with Crippen molar-refractivity contribution in [2.75, 3.05) is 0 Å². The molecule has 12 heavy (non-hydrogen) atoms. The Morgan fingerprint density at radius 3 is 2.50 bits per heavy atom. The van der Waals surface area contributed by atoms with Crippen LogP contribution in [0.15, 0.2) is 4.79 Å². The molecule has 5 heteroatoms. The van der Waals surface area contributed by atoms with E-state index in [9.17, 15) is 4.79 Å².